The molecule has 21 heavy (non-hydrogen) atoms. The summed E-state index contributed by atoms with van der Waals surface area (Å²) in [5, 5.41) is 12.2. The Labute approximate surface area is 125 Å². The van der Waals surface area contributed by atoms with E-state index < -0.39 is 11.8 Å². The van der Waals surface area contributed by atoms with Crippen LogP contribution in [0.5, 0.6) is 0 Å². The van der Waals surface area contributed by atoms with Gasteiger partial charge in [0.05, 0.1) is 6.10 Å². The first kappa shape index (κ1) is 15.5. The van der Waals surface area contributed by atoms with Crippen LogP contribution in [-0.4, -0.2) is 41.0 Å². The van der Waals surface area contributed by atoms with Crippen molar-refractivity contribution in [2.24, 2.45) is 0 Å². The van der Waals surface area contributed by atoms with E-state index >= 15 is 0 Å². The topological polar surface area (TPSA) is 69.6 Å². The van der Waals surface area contributed by atoms with Crippen molar-refractivity contribution in [2.75, 3.05) is 18.4 Å². The predicted molar refractivity (Wildman–Crippen MR) is 81.1 cm³/mol. The number of amides is 2. The summed E-state index contributed by atoms with van der Waals surface area (Å²) >= 11 is 0. The molecule has 1 aliphatic rings. The van der Waals surface area contributed by atoms with Crippen LogP contribution in [0.15, 0.2) is 12.1 Å². The van der Waals surface area contributed by atoms with E-state index in [9.17, 15) is 14.7 Å². The van der Waals surface area contributed by atoms with Gasteiger partial charge in [-0.2, -0.15) is 0 Å². The Bertz CT molecular complexity index is 538. The van der Waals surface area contributed by atoms with Gasteiger partial charge in [0.15, 0.2) is 0 Å². The van der Waals surface area contributed by atoms with E-state index in [1.165, 1.54) is 4.90 Å². The fourth-order valence-corrected chi connectivity index (χ4v) is 2.76. The fraction of sp³-hybridized carbons (Fsp3) is 0.500. The maximum atomic E-state index is 12.1. The van der Waals surface area contributed by atoms with Crippen LogP contribution in [0.25, 0.3) is 0 Å². The number of rotatable bonds is 1. The van der Waals surface area contributed by atoms with Gasteiger partial charge in [-0.15, -0.1) is 0 Å². The molecule has 2 amide bonds. The number of benzene rings is 1. The molecule has 2 N–H and O–H groups in total. The van der Waals surface area contributed by atoms with E-state index in [0.717, 1.165) is 16.7 Å². The summed E-state index contributed by atoms with van der Waals surface area (Å²) < 4.78 is 0. The molecule has 0 spiro atoms. The zero-order chi connectivity index (χ0) is 15.6. The number of anilines is 1. The van der Waals surface area contributed by atoms with Gasteiger partial charge in [0, 0.05) is 18.8 Å². The number of aliphatic hydroxyl groups excluding tert-OH is 1. The average Bonchev–Trinajstić information content (AvgIpc) is 2.42. The highest BCUT2D eigenvalue weighted by Gasteiger charge is 2.26. The second kappa shape index (κ2) is 6.26. The maximum Gasteiger partial charge on any atom is 0.313 e. The number of hydrogen-bond acceptors (Lipinski definition) is 3. The quantitative estimate of drug-likeness (QED) is 0.771. The van der Waals surface area contributed by atoms with Gasteiger partial charge in [-0.3, -0.25) is 9.59 Å². The molecule has 0 bridgehead atoms. The van der Waals surface area contributed by atoms with Crippen molar-refractivity contribution in [3.05, 3.63) is 28.8 Å². The van der Waals surface area contributed by atoms with Crippen LogP contribution in [-0.2, 0) is 9.59 Å². The SMILES string of the molecule is Cc1cc(C)c(NC(=O)C(=O)N2CCC(O)CC2)c(C)c1. The van der Waals surface area contributed by atoms with E-state index in [1.807, 2.05) is 32.9 Å². The number of hydrogen-bond donors (Lipinski definition) is 2. The molecule has 2 rings (SSSR count). The van der Waals surface area contributed by atoms with E-state index in [1.54, 1.807) is 0 Å². The first-order valence-electron chi connectivity index (χ1n) is 7.24. The molecular formula is C16H22N2O3. The molecular weight excluding hydrogens is 268 g/mol. The summed E-state index contributed by atoms with van der Waals surface area (Å²) in [5.41, 5.74) is 3.72. The minimum atomic E-state index is -0.610. The van der Waals surface area contributed by atoms with Gasteiger partial charge in [0.1, 0.15) is 0 Å². The molecule has 1 aromatic rings. The number of likely N-dealkylation sites (tertiary alicyclic amines) is 1. The first-order chi connectivity index (χ1) is 9.88. The lowest BCUT2D eigenvalue weighted by Gasteiger charge is -2.29. The Balaban J connectivity index is 2.06. The summed E-state index contributed by atoms with van der Waals surface area (Å²) in [6.45, 7) is 6.68. The Morgan fingerprint density at radius 1 is 1.14 bits per heavy atom. The average molecular weight is 290 g/mol. The van der Waals surface area contributed by atoms with Gasteiger partial charge in [-0.1, -0.05) is 17.7 Å². The predicted octanol–water partition coefficient (Wildman–Crippen LogP) is 1.53. The van der Waals surface area contributed by atoms with Crippen molar-refractivity contribution < 1.29 is 14.7 Å². The fourth-order valence-electron chi connectivity index (χ4n) is 2.76. The number of carbonyl (C=O) groups is 2. The molecule has 0 radical (unpaired) electrons. The van der Waals surface area contributed by atoms with Crippen molar-refractivity contribution in [3.8, 4) is 0 Å². The van der Waals surface area contributed by atoms with Gasteiger partial charge in [0.25, 0.3) is 0 Å². The summed E-state index contributed by atoms with van der Waals surface area (Å²) in [6.07, 6.45) is 0.696. The van der Waals surface area contributed by atoms with Crippen molar-refractivity contribution in [2.45, 2.75) is 39.7 Å². The van der Waals surface area contributed by atoms with Crippen LogP contribution >= 0.6 is 0 Å². The maximum absolute atomic E-state index is 12.1. The van der Waals surface area contributed by atoms with Crippen LogP contribution in [0.1, 0.15) is 29.5 Å². The molecule has 1 heterocycles. The lowest BCUT2D eigenvalue weighted by atomic mass is 10.0. The van der Waals surface area contributed by atoms with E-state index in [0.29, 0.717) is 31.6 Å². The summed E-state index contributed by atoms with van der Waals surface area (Å²) in [5.74, 6) is -1.14. The van der Waals surface area contributed by atoms with Crippen LogP contribution in [0.2, 0.25) is 0 Å². The third kappa shape index (κ3) is 3.61. The molecule has 1 aliphatic heterocycles. The monoisotopic (exact) mass is 290 g/mol. The summed E-state index contributed by atoms with van der Waals surface area (Å²) in [4.78, 5) is 25.7. The molecule has 0 atom stereocenters. The number of carbonyl (C=O) groups excluding carboxylic acids is 2. The summed E-state index contributed by atoms with van der Waals surface area (Å²) in [6, 6.07) is 3.95. The highest BCUT2D eigenvalue weighted by molar-refractivity contribution is 6.39. The zero-order valence-corrected chi connectivity index (χ0v) is 12.8. The third-order valence-corrected chi connectivity index (χ3v) is 3.86. The van der Waals surface area contributed by atoms with Crippen molar-refractivity contribution in [1.29, 1.82) is 0 Å². The van der Waals surface area contributed by atoms with Crippen LogP contribution in [0.4, 0.5) is 5.69 Å². The standard InChI is InChI=1S/C16H22N2O3/c1-10-8-11(2)14(12(3)9-10)17-15(20)16(21)18-6-4-13(19)5-7-18/h8-9,13,19H,4-7H2,1-3H3,(H,17,20). The van der Waals surface area contributed by atoms with Crippen molar-refractivity contribution in [1.82, 2.24) is 4.90 Å². The number of piperidine rings is 1. The number of aliphatic hydroxyl groups is 1. The second-order valence-electron chi connectivity index (χ2n) is 5.75. The Kier molecular flexibility index (Phi) is 4.63. The van der Waals surface area contributed by atoms with Gasteiger partial charge >= 0.3 is 11.8 Å². The molecule has 1 fully saturated rings. The minimum Gasteiger partial charge on any atom is -0.393 e. The van der Waals surface area contributed by atoms with Gasteiger partial charge in [-0.25, -0.2) is 0 Å². The Morgan fingerprint density at radius 3 is 2.19 bits per heavy atom. The largest absolute Gasteiger partial charge is 0.393 e. The molecule has 114 valence electrons. The smallest absolute Gasteiger partial charge is 0.313 e. The first-order valence-corrected chi connectivity index (χ1v) is 7.24. The van der Waals surface area contributed by atoms with Gasteiger partial charge in [0.2, 0.25) is 0 Å². The molecule has 5 heteroatoms. The molecule has 0 aromatic heterocycles. The van der Waals surface area contributed by atoms with E-state index in [4.69, 9.17) is 0 Å². The molecule has 1 aromatic carbocycles. The van der Waals surface area contributed by atoms with Gasteiger partial charge < -0.3 is 15.3 Å². The lowest BCUT2D eigenvalue weighted by Crippen LogP contribution is -2.45. The van der Waals surface area contributed by atoms with Crippen LogP contribution in [0, 0.1) is 20.8 Å². The zero-order valence-electron chi connectivity index (χ0n) is 12.8. The molecule has 0 saturated carbocycles. The van der Waals surface area contributed by atoms with E-state index in [2.05, 4.69) is 5.32 Å². The number of nitrogens with one attached hydrogen (secondary N) is 1. The van der Waals surface area contributed by atoms with Gasteiger partial charge in [-0.05, 0) is 44.7 Å². The number of nitrogens with zero attached hydrogens (tertiary/aromatic N) is 1. The van der Waals surface area contributed by atoms with Crippen molar-refractivity contribution >= 4 is 17.5 Å². The van der Waals surface area contributed by atoms with Crippen molar-refractivity contribution in [3.63, 3.8) is 0 Å². The highest BCUT2D eigenvalue weighted by Crippen LogP contribution is 2.22. The summed E-state index contributed by atoms with van der Waals surface area (Å²) in [7, 11) is 0. The van der Waals surface area contributed by atoms with Crippen LogP contribution < -0.4 is 5.32 Å². The molecule has 1 saturated heterocycles. The lowest BCUT2D eigenvalue weighted by molar-refractivity contribution is -0.144. The number of aryl methyl sites for hydroxylation is 3. The molecule has 0 unspecified atom stereocenters. The normalized spacial score (nSPS) is 15.9. The minimum absolute atomic E-state index is 0.362. The molecule has 5 nitrogen and oxygen atoms in total. The highest BCUT2D eigenvalue weighted by atomic mass is 16.3. The Hall–Kier alpha value is -1.88. The third-order valence-electron chi connectivity index (χ3n) is 3.86. The van der Waals surface area contributed by atoms with E-state index in [-0.39, 0.29) is 6.10 Å². The Morgan fingerprint density at radius 2 is 1.67 bits per heavy atom. The second-order valence-corrected chi connectivity index (χ2v) is 5.75. The molecule has 0 aliphatic carbocycles. The van der Waals surface area contributed by atoms with Crippen LogP contribution in [0.3, 0.4) is 0 Å².